The van der Waals surface area contributed by atoms with Crippen LogP contribution in [0.3, 0.4) is 0 Å². The maximum absolute atomic E-state index is 10.7. The molecule has 8 heteroatoms. The van der Waals surface area contributed by atoms with E-state index < -0.39 is 0 Å². The summed E-state index contributed by atoms with van der Waals surface area (Å²) in [4.78, 5) is 14.9. The Balaban J connectivity index is 1.46. The number of nitro benzene ring substituents is 1. The highest BCUT2D eigenvalue weighted by molar-refractivity contribution is 6.37. The zero-order valence-corrected chi connectivity index (χ0v) is 15.6. The molecule has 0 atom stereocenters. The monoisotopic (exact) mass is 395 g/mol. The molecule has 6 nitrogen and oxygen atoms in total. The molecule has 0 N–H and O–H groups in total. The third-order valence-electron chi connectivity index (χ3n) is 4.37. The van der Waals surface area contributed by atoms with Crippen molar-refractivity contribution in [2.45, 2.75) is 0 Å². The van der Waals surface area contributed by atoms with Gasteiger partial charge in [0.1, 0.15) is 6.61 Å². The first-order chi connectivity index (χ1) is 12.5. The van der Waals surface area contributed by atoms with Crippen molar-refractivity contribution in [3.8, 4) is 5.75 Å². The van der Waals surface area contributed by atoms with E-state index in [0.717, 1.165) is 38.4 Å². The third-order valence-corrected chi connectivity index (χ3v) is 4.97. The van der Waals surface area contributed by atoms with Gasteiger partial charge in [0.05, 0.1) is 15.0 Å². The van der Waals surface area contributed by atoms with Crippen LogP contribution >= 0.6 is 23.2 Å². The van der Waals surface area contributed by atoms with Crippen LogP contribution in [0.15, 0.2) is 42.5 Å². The van der Waals surface area contributed by atoms with Gasteiger partial charge in [-0.2, -0.15) is 0 Å². The topological polar surface area (TPSA) is 58.9 Å². The zero-order chi connectivity index (χ0) is 18.5. The molecule has 1 fully saturated rings. The molecule has 2 aromatic carbocycles. The SMILES string of the molecule is O=[N+]([O-])c1ccc(N2CCN(CCOc3c(Cl)cccc3Cl)CC2)cc1. The lowest BCUT2D eigenvalue weighted by molar-refractivity contribution is -0.384. The number of halogens is 2. The summed E-state index contributed by atoms with van der Waals surface area (Å²) in [5.74, 6) is 0.528. The van der Waals surface area contributed by atoms with Crippen LogP contribution in [0.1, 0.15) is 0 Å². The van der Waals surface area contributed by atoms with Gasteiger partial charge in [-0.3, -0.25) is 15.0 Å². The van der Waals surface area contributed by atoms with Gasteiger partial charge in [0, 0.05) is 50.5 Å². The van der Waals surface area contributed by atoms with E-state index in [9.17, 15) is 10.1 Å². The predicted molar refractivity (Wildman–Crippen MR) is 104 cm³/mol. The second-order valence-electron chi connectivity index (χ2n) is 6.00. The second kappa shape index (κ2) is 8.58. The lowest BCUT2D eigenvalue weighted by atomic mass is 10.2. The summed E-state index contributed by atoms with van der Waals surface area (Å²) >= 11 is 12.2. The van der Waals surface area contributed by atoms with Crippen LogP contribution in [-0.2, 0) is 0 Å². The Morgan fingerprint density at radius 3 is 2.19 bits per heavy atom. The first-order valence-corrected chi connectivity index (χ1v) is 9.09. The Morgan fingerprint density at radius 1 is 1.00 bits per heavy atom. The summed E-state index contributed by atoms with van der Waals surface area (Å²) in [7, 11) is 0. The fourth-order valence-corrected chi connectivity index (χ4v) is 3.42. The van der Waals surface area contributed by atoms with Crippen LogP contribution in [0.25, 0.3) is 0 Å². The standard InChI is InChI=1S/C18H19Cl2N3O3/c19-16-2-1-3-17(20)18(16)26-13-12-21-8-10-22(11-9-21)14-4-6-15(7-5-14)23(24)25/h1-7H,8-13H2. The predicted octanol–water partition coefficient (Wildman–Crippen LogP) is 4.10. The fraction of sp³-hybridized carbons (Fsp3) is 0.333. The van der Waals surface area contributed by atoms with Gasteiger partial charge in [-0.1, -0.05) is 29.3 Å². The lowest BCUT2D eigenvalue weighted by Crippen LogP contribution is -2.47. The molecule has 0 aliphatic carbocycles. The highest BCUT2D eigenvalue weighted by Gasteiger charge is 2.18. The van der Waals surface area contributed by atoms with Gasteiger partial charge in [0.2, 0.25) is 0 Å². The quantitative estimate of drug-likeness (QED) is 0.544. The van der Waals surface area contributed by atoms with E-state index in [0.29, 0.717) is 22.4 Å². The number of rotatable bonds is 6. The van der Waals surface area contributed by atoms with Crippen LogP contribution in [0.5, 0.6) is 5.75 Å². The Labute approximate surface area is 162 Å². The Kier molecular flexibility index (Phi) is 6.19. The average molecular weight is 396 g/mol. The smallest absolute Gasteiger partial charge is 0.269 e. The van der Waals surface area contributed by atoms with Crippen molar-refractivity contribution in [3.05, 3.63) is 62.6 Å². The van der Waals surface area contributed by atoms with Gasteiger partial charge in [-0.15, -0.1) is 0 Å². The number of ether oxygens (including phenoxy) is 1. The molecule has 1 saturated heterocycles. The minimum Gasteiger partial charge on any atom is -0.489 e. The first-order valence-electron chi connectivity index (χ1n) is 8.33. The van der Waals surface area contributed by atoms with E-state index in [-0.39, 0.29) is 10.6 Å². The summed E-state index contributed by atoms with van der Waals surface area (Å²) in [6.45, 7) is 4.83. The molecule has 1 heterocycles. The van der Waals surface area contributed by atoms with E-state index in [1.807, 2.05) is 0 Å². The Hall–Kier alpha value is -2.02. The van der Waals surface area contributed by atoms with Gasteiger partial charge in [0.15, 0.2) is 5.75 Å². The number of nitro groups is 1. The normalized spacial score (nSPS) is 15.1. The van der Waals surface area contributed by atoms with Crippen molar-refractivity contribution in [1.82, 2.24) is 4.90 Å². The molecule has 3 rings (SSSR count). The number of hydrogen-bond donors (Lipinski definition) is 0. The summed E-state index contributed by atoms with van der Waals surface area (Å²) in [6.07, 6.45) is 0. The Bertz CT molecular complexity index is 743. The average Bonchev–Trinajstić information content (AvgIpc) is 2.65. The number of anilines is 1. The number of hydrogen-bond acceptors (Lipinski definition) is 5. The van der Waals surface area contributed by atoms with Crippen molar-refractivity contribution in [2.24, 2.45) is 0 Å². The molecule has 0 bridgehead atoms. The van der Waals surface area contributed by atoms with Gasteiger partial charge < -0.3 is 9.64 Å². The summed E-state index contributed by atoms with van der Waals surface area (Å²) in [5.41, 5.74) is 1.12. The molecule has 1 aliphatic rings. The molecule has 0 unspecified atom stereocenters. The van der Waals surface area contributed by atoms with Crippen molar-refractivity contribution < 1.29 is 9.66 Å². The van der Waals surface area contributed by atoms with Crippen LogP contribution in [0.2, 0.25) is 10.0 Å². The molecule has 138 valence electrons. The fourth-order valence-electron chi connectivity index (χ4n) is 2.91. The van der Waals surface area contributed by atoms with E-state index in [2.05, 4.69) is 9.80 Å². The molecular weight excluding hydrogens is 377 g/mol. The van der Waals surface area contributed by atoms with E-state index in [4.69, 9.17) is 27.9 Å². The van der Waals surface area contributed by atoms with Crippen LogP contribution in [0.4, 0.5) is 11.4 Å². The summed E-state index contributed by atoms with van der Waals surface area (Å²) in [5, 5.41) is 11.8. The van der Waals surface area contributed by atoms with Crippen LogP contribution in [-0.4, -0.2) is 49.2 Å². The van der Waals surface area contributed by atoms with Gasteiger partial charge >= 0.3 is 0 Å². The minimum absolute atomic E-state index is 0.114. The van der Waals surface area contributed by atoms with Crippen LogP contribution < -0.4 is 9.64 Å². The molecule has 0 spiro atoms. The largest absolute Gasteiger partial charge is 0.489 e. The first kappa shape index (κ1) is 18.8. The summed E-state index contributed by atoms with van der Waals surface area (Å²) in [6, 6.07) is 12.0. The van der Waals surface area contributed by atoms with Gasteiger partial charge in [-0.05, 0) is 24.3 Å². The molecule has 0 aromatic heterocycles. The van der Waals surface area contributed by atoms with Crippen molar-refractivity contribution >= 4 is 34.6 Å². The molecule has 0 radical (unpaired) electrons. The molecular formula is C18H19Cl2N3O3. The van der Waals surface area contributed by atoms with Crippen molar-refractivity contribution in [2.75, 3.05) is 44.2 Å². The number of non-ortho nitro benzene ring substituents is 1. The lowest BCUT2D eigenvalue weighted by Gasteiger charge is -2.36. The van der Waals surface area contributed by atoms with Crippen molar-refractivity contribution in [1.29, 1.82) is 0 Å². The van der Waals surface area contributed by atoms with E-state index in [1.54, 1.807) is 42.5 Å². The third kappa shape index (κ3) is 4.58. The van der Waals surface area contributed by atoms with Crippen molar-refractivity contribution in [3.63, 3.8) is 0 Å². The number of para-hydroxylation sites is 1. The number of benzene rings is 2. The molecule has 2 aromatic rings. The zero-order valence-electron chi connectivity index (χ0n) is 14.1. The highest BCUT2D eigenvalue weighted by atomic mass is 35.5. The molecule has 26 heavy (non-hydrogen) atoms. The number of piperazine rings is 1. The number of nitrogens with zero attached hydrogens (tertiary/aromatic N) is 3. The van der Waals surface area contributed by atoms with Gasteiger partial charge in [-0.25, -0.2) is 0 Å². The van der Waals surface area contributed by atoms with E-state index >= 15 is 0 Å². The molecule has 0 amide bonds. The maximum atomic E-state index is 10.7. The highest BCUT2D eigenvalue weighted by Crippen LogP contribution is 2.32. The molecule has 0 saturated carbocycles. The molecule has 1 aliphatic heterocycles. The van der Waals surface area contributed by atoms with Crippen LogP contribution in [0, 0.1) is 10.1 Å². The maximum Gasteiger partial charge on any atom is 0.269 e. The van der Waals surface area contributed by atoms with E-state index in [1.165, 1.54) is 0 Å². The van der Waals surface area contributed by atoms with Gasteiger partial charge in [0.25, 0.3) is 5.69 Å². The summed E-state index contributed by atoms with van der Waals surface area (Å²) < 4.78 is 5.73. The minimum atomic E-state index is -0.382. The second-order valence-corrected chi connectivity index (χ2v) is 6.82. The Morgan fingerprint density at radius 2 is 1.62 bits per heavy atom.